The molecule has 146 valence electrons. The van der Waals surface area contributed by atoms with Crippen LogP contribution in [0.3, 0.4) is 0 Å². The zero-order chi connectivity index (χ0) is 18.7. The summed E-state index contributed by atoms with van der Waals surface area (Å²) in [6.45, 7) is 2.23. The lowest BCUT2D eigenvalue weighted by molar-refractivity contribution is -0.275. The summed E-state index contributed by atoms with van der Waals surface area (Å²) in [6, 6.07) is 2.75. The third-order valence-corrected chi connectivity index (χ3v) is 6.30. The fourth-order valence-corrected chi connectivity index (χ4v) is 4.86. The first-order valence-electron chi connectivity index (χ1n) is 9.93. The van der Waals surface area contributed by atoms with Crippen LogP contribution in [-0.2, 0) is 12.8 Å². The number of halogens is 4. The molecule has 26 heavy (non-hydrogen) atoms. The number of benzene rings is 1. The van der Waals surface area contributed by atoms with Crippen LogP contribution in [0.1, 0.15) is 69.4 Å². The lowest BCUT2D eigenvalue weighted by atomic mass is 9.69. The van der Waals surface area contributed by atoms with Crippen LogP contribution < -0.4 is 4.74 Å². The van der Waals surface area contributed by atoms with Crippen molar-refractivity contribution in [1.82, 2.24) is 0 Å². The molecule has 1 atom stereocenters. The largest absolute Gasteiger partial charge is 0.573 e. The number of hydrogen-bond acceptors (Lipinski definition) is 1. The van der Waals surface area contributed by atoms with E-state index in [1.54, 1.807) is 6.07 Å². The first-order chi connectivity index (χ1) is 12.4. The Hall–Kier alpha value is -1.26. The molecular formula is C21H28F4O. The molecule has 0 saturated heterocycles. The van der Waals surface area contributed by atoms with E-state index in [-0.39, 0.29) is 0 Å². The van der Waals surface area contributed by atoms with E-state index in [9.17, 15) is 17.6 Å². The molecule has 0 aromatic heterocycles. The van der Waals surface area contributed by atoms with Gasteiger partial charge in [-0.3, -0.25) is 0 Å². The normalized spacial score (nSPS) is 26.4. The summed E-state index contributed by atoms with van der Waals surface area (Å²) in [7, 11) is 0. The molecule has 0 bridgehead atoms. The van der Waals surface area contributed by atoms with Gasteiger partial charge in [0.15, 0.2) is 11.6 Å². The van der Waals surface area contributed by atoms with Gasteiger partial charge in [0.2, 0.25) is 0 Å². The smallest absolute Gasteiger partial charge is 0.403 e. The molecule has 0 radical (unpaired) electrons. The van der Waals surface area contributed by atoms with Crippen LogP contribution >= 0.6 is 0 Å². The summed E-state index contributed by atoms with van der Waals surface area (Å²) < 4.78 is 55.3. The first kappa shape index (κ1) is 19.5. The number of hydrogen-bond donors (Lipinski definition) is 0. The van der Waals surface area contributed by atoms with Gasteiger partial charge in [-0.15, -0.1) is 13.2 Å². The highest BCUT2D eigenvalue weighted by atomic mass is 19.4. The standard InChI is InChI=1S/C21H28F4O/c1-2-3-4-14-5-7-15(8-6-14)16-9-11-18-17(13-16)10-12-19(20(18)22)26-21(23,24)25/h10,12,14-16H,2-9,11,13H2,1H3. The molecule has 1 aromatic carbocycles. The van der Waals surface area contributed by atoms with E-state index in [1.807, 2.05) is 0 Å². The van der Waals surface area contributed by atoms with Crippen LogP contribution in [0, 0.1) is 23.6 Å². The highest BCUT2D eigenvalue weighted by Gasteiger charge is 2.35. The zero-order valence-corrected chi connectivity index (χ0v) is 15.4. The summed E-state index contributed by atoms with van der Waals surface area (Å²) in [5, 5.41) is 0. The monoisotopic (exact) mass is 372 g/mol. The average Bonchev–Trinajstić information content (AvgIpc) is 2.61. The predicted octanol–water partition coefficient (Wildman–Crippen LogP) is 6.83. The summed E-state index contributed by atoms with van der Waals surface area (Å²) in [5.74, 6) is 0.535. The fraction of sp³-hybridized carbons (Fsp3) is 0.714. The predicted molar refractivity (Wildman–Crippen MR) is 93.6 cm³/mol. The summed E-state index contributed by atoms with van der Waals surface area (Å²) in [5.41, 5.74) is 1.28. The van der Waals surface area contributed by atoms with E-state index in [4.69, 9.17) is 0 Å². The van der Waals surface area contributed by atoms with Crippen LogP contribution in [0.15, 0.2) is 12.1 Å². The maximum absolute atomic E-state index is 14.4. The highest BCUT2D eigenvalue weighted by molar-refractivity contribution is 5.39. The fourth-order valence-electron chi connectivity index (χ4n) is 4.86. The van der Waals surface area contributed by atoms with Crippen LogP contribution in [-0.4, -0.2) is 6.36 Å². The Kier molecular flexibility index (Phi) is 6.13. The third-order valence-electron chi connectivity index (χ3n) is 6.30. The second-order valence-corrected chi connectivity index (χ2v) is 7.99. The van der Waals surface area contributed by atoms with Gasteiger partial charge in [0.1, 0.15) is 0 Å². The van der Waals surface area contributed by atoms with Gasteiger partial charge >= 0.3 is 6.36 Å². The minimum absolute atomic E-state index is 0.416. The van der Waals surface area contributed by atoms with Crippen molar-refractivity contribution >= 4 is 0 Å². The molecule has 1 saturated carbocycles. The number of unbranched alkanes of at least 4 members (excludes halogenated alkanes) is 1. The molecule has 3 rings (SSSR count). The van der Waals surface area contributed by atoms with Gasteiger partial charge in [0.25, 0.3) is 0 Å². The van der Waals surface area contributed by atoms with Crippen LogP contribution in [0.25, 0.3) is 0 Å². The van der Waals surface area contributed by atoms with Crippen LogP contribution in [0.2, 0.25) is 0 Å². The van der Waals surface area contributed by atoms with Crippen molar-refractivity contribution in [3.63, 3.8) is 0 Å². The van der Waals surface area contributed by atoms with Crippen molar-refractivity contribution in [3.05, 3.63) is 29.1 Å². The Balaban J connectivity index is 1.61. The van der Waals surface area contributed by atoms with Crippen molar-refractivity contribution < 1.29 is 22.3 Å². The quantitative estimate of drug-likeness (QED) is 0.515. The molecule has 0 N–H and O–H groups in total. The highest BCUT2D eigenvalue weighted by Crippen LogP contribution is 2.42. The molecule has 1 unspecified atom stereocenters. The van der Waals surface area contributed by atoms with E-state index in [1.165, 1.54) is 44.9 Å². The van der Waals surface area contributed by atoms with Gasteiger partial charge in [0, 0.05) is 0 Å². The molecule has 1 nitrogen and oxygen atoms in total. The Morgan fingerprint density at radius 2 is 1.77 bits per heavy atom. The Labute approximate surface area is 153 Å². The van der Waals surface area contributed by atoms with Crippen molar-refractivity contribution in [1.29, 1.82) is 0 Å². The first-order valence-corrected chi connectivity index (χ1v) is 9.93. The molecule has 2 aliphatic rings. The van der Waals surface area contributed by atoms with Crippen LogP contribution in [0.5, 0.6) is 5.75 Å². The molecule has 1 fully saturated rings. The summed E-state index contributed by atoms with van der Waals surface area (Å²) in [6.07, 6.45) is 6.27. The van der Waals surface area contributed by atoms with E-state index < -0.39 is 17.9 Å². The molecule has 2 aliphatic carbocycles. The maximum atomic E-state index is 14.4. The third kappa shape index (κ3) is 4.72. The minimum atomic E-state index is -4.86. The van der Waals surface area contributed by atoms with Crippen molar-refractivity contribution in [2.45, 2.75) is 77.5 Å². The van der Waals surface area contributed by atoms with E-state index >= 15 is 0 Å². The second-order valence-electron chi connectivity index (χ2n) is 7.99. The number of ether oxygens (including phenoxy) is 1. The van der Waals surface area contributed by atoms with Gasteiger partial charge in [0.05, 0.1) is 0 Å². The molecule has 1 aromatic rings. The van der Waals surface area contributed by atoms with E-state index in [2.05, 4.69) is 11.7 Å². The second kappa shape index (κ2) is 8.18. The van der Waals surface area contributed by atoms with Crippen molar-refractivity contribution in [2.24, 2.45) is 17.8 Å². The lowest BCUT2D eigenvalue weighted by Gasteiger charge is -2.36. The molecule has 5 heteroatoms. The Bertz CT molecular complexity index is 603. The minimum Gasteiger partial charge on any atom is -0.403 e. The van der Waals surface area contributed by atoms with E-state index in [0.717, 1.165) is 30.4 Å². The molecular weight excluding hydrogens is 344 g/mol. The number of rotatable bonds is 5. The van der Waals surface area contributed by atoms with Crippen molar-refractivity contribution in [3.8, 4) is 5.75 Å². The van der Waals surface area contributed by atoms with Crippen LogP contribution in [0.4, 0.5) is 17.6 Å². The van der Waals surface area contributed by atoms with Gasteiger partial charge in [-0.05, 0) is 67.1 Å². The zero-order valence-electron chi connectivity index (χ0n) is 15.4. The lowest BCUT2D eigenvalue weighted by Crippen LogP contribution is -2.27. The molecule has 0 aliphatic heterocycles. The molecule has 0 heterocycles. The molecule has 0 spiro atoms. The van der Waals surface area contributed by atoms with Gasteiger partial charge in [-0.2, -0.15) is 0 Å². The number of alkyl halides is 3. The van der Waals surface area contributed by atoms with Gasteiger partial charge < -0.3 is 4.74 Å². The van der Waals surface area contributed by atoms with Gasteiger partial charge in [-0.1, -0.05) is 45.1 Å². The van der Waals surface area contributed by atoms with Gasteiger partial charge in [-0.25, -0.2) is 4.39 Å². The summed E-state index contributed by atoms with van der Waals surface area (Å²) in [4.78, 5) is 0. The average molecular weight is 372 g/mol. The number of fused-ring (bicyclic) bond motifs is 1. The topological polar surface area (TPSA) is 9.23 Å². The SMILES string of the molecule is CCCCC1CCC(C2CCc3c(ccc(OC(F)(F)F)c3F)C2)CC1. The Morgan fingerprint density at radius 1 is 1.04 bits per heavy atom. The maximum Gasteiger partial charge on any atom is 0.573 e. The Morgan fingerprint density at radius 3 is 2.42 bits per heavy atom. The van der Waals surface area contributed by atoms with Crippen molar-refractivity contribution in [2.75, 3.05) is 0 Å². The molecule has 0 amide bonds. The summed E-state index contributed by atoms with van der Waals surface area (Å²) >= 11 is 0. The van der Waals surface area contributed by atoms with E-state index in [0.29, 0.717) is 23.8 Å².